The lowest BCUT2D eigenvalue weighted by atomic mass is 10.1. The number of thiophene rings is 1. The van der Waals surface area contributed by atoms with E-state index in [4.69, 9.17) is 10.5 Å². The fourth-order valence-corrected chi connectivity index (χ4v) is 2.49. The zero-order valence-electron chi connectivity index (χ0n) is 6.98. The van der Waals surface area contributed by atoms with E-state index < -0.39 is 0 Å². The van der Waals surface area contributed by atoms with Gasteiger partial charge in [0.25, 0.3) is 0 Å². The van der Waals surface area contributed by atoms with Crippen LogP contribution in [-0.2, 0) is 0 Å². The van der Waals surface area contributed by atoms with E-state index in [9.17, 15) is 0 Å². The SMILES string of the molecule is N#Cc1csc2c(C#N)cc(S)cc12. The van der Waals surface area contributed by atoms with Crippen LogP contribution in [0.3, 0.4) is 0 Å². The maximum absolute atomic E-state index is 8.88. The first-order valence-electron chi connectivity index (χ1n) is 3.80. The molecule has 2 aromatic rings. The molecule has 0 saturated carbocycles. The fourth-order valence-electron chi connectivity index (χ4n) is 1.29. The van der Waals surface area contributed by atoms with Gasteiger partial charge in [0, 0.05) is 15.7 Å². The Morgan fingerprint density at radius 2 is 1.86 bits per heavy atom. The number of hydrogen-bond donors (Lipinski definition) is 1. The Hall–Kier alpha value is -1.49. The molecule has 1 heterocycles. The van der Waals surface area contributed by atoms with E-state index in [2.05, 4.69) is 24.8 Å². The molecular formula is C10H4N2S2. The van der Waals surface area contributed by atoms with Crippen molar-refractivity contribution in [1.29, 1.82) is 10.5 Å². The number of nitriles is 2. The summed E-state index contributed by atoms with van der Waals surface area (Å²) in [7, 11) is 0. The number of thiol groups is 1. The minimum Gasteiger partial charge on any atom is -0.192 e. The summed E-state index contributed by atoms with van der Waals surface area (Å²) in [5.41, 5.74) is 1.19. The molecule has 1 aromatic heterocycles. The molecule has 2 nitrogen and oxygen atoms in total. The molecule has 0 bridgehead atoms. The molecule has 0 N–H and O–H groups in total. The van der Waals surface area contributed by atoms with E-state index in [0.29, 0.717) is 16.0 Å². The van der Waals surface area contributed by atoms with Crippen molar-refractivity contribution in [3.63, 3.8) is 0 Å². The van der Waals surface area contributed by atoms with E-state index in [1.165, 1.54) is 11.3 Å². The highest BCUT2D eigenvalue weighted by atomic mass is 32.1. The summed E-state index contributed by atoms with van der Waals surface area (Å²) in [4.78, 5) is 0.712. The van der Waals surface area contributed by atoms with Crippen LogP contribution >= 0.6 is 24.0 Å². The van der Waals surface area contributed by atoms with Gasteiger partial charge in [-0.15, -0.1) is 24.0 Å². The maximum atomic E-state index is 8.88. The summed E-state index contributed by atoms with van der Waals surface area (Å²) < 4.78 is 0.863. The molecule has 1 aromatic carbocycles. The van der Waals surface area contributed by atoms with Crippen LogP contribution in [0, 0.1) is 22.7 Å². The molecule has 0 fully saturated rings. The van der Waals surface area contributed by atoms with Gasteiger partial charge in [-0.05, 0) is 12.1 Å². The second kappa shape index (κ2) is 3.34. The quantitative estimate of drug-likeness (QED) is 0.688. The van der Waals surface area contributed by atoms with Gasteiger partial charge in [0.05, 0.1) is 15.8 Å². The molecule has 0 amide bonds. The van der Waals surface area contributed by atoms with Crippen LogP contribution < -0.4 is 0 Å². The molecule has 0 spiro atoms. The summed E-state index contributed by atoms with van der Waals surface area (Å²) in [6.07, 6.45) is 0. The lowest BCUT2D eigenvalue weighted by Gasteiger charge is -1.95. The van der Waals surface area contributed by atoms with Gasteiger partial charge >= 0.3 is 0 Å². The number of nitrogens with zero attached hydrogens (tertiary/aromatic N) is 2. The minimum atomic E-state index is 0.582. The van der Waals surface area contributed by atoms with Gasteiger partial charge in [-0.3, -0.25) is 0 Å². The normalized spacial score (nSPS) is 9.64. The molecule has 0 atom stereocenters. The Bertz CT molecular complexity index is 584. The van der Waals surface area contributed by atoms with Crippen molar-refractivity contribution in [2.75, 3.05) is 0 Å². The van der Waals surface area contributed by atoms with Crippen molar-refractivity contribution in [2.24, 2.45) is 0 Å². The Balaban J connectivity index is 2.94. The van der Waals surface area contributed by atoms with Crippen molar-refractivity contribution >= 4 is 34.1 Å². The first kappa shape index (κ1) is 9.08. The van der Waals surface area contributed by atoms with Gasteiger partial charge in [-0.2, -0.15) is 10.5 Å². The molecule has 4 heteroatoms. The van der Waals surface area contributed by atoms with E-state index in [0.717, 1.165) is 10.1 Å². The smallest absolute Gasteiger partial charge is 0.101 e. The molecule has 0 aliphatic heterocycles. The van der Waals surface area contributed by atoms with Gasteiger partial charge in [0.15, 0.2) is 0 Å². The first-order valence-corrected chi connectivity index (χ1v) is 5.13. The Morgan fingerprint density at radius 1 is 1.14 bits per heavy atom. The van der Waals surface area contributed by atoms with Crippen LogP contribution in [0.2, 0.25) is 0 Å². The van der Waals surface area contributed by atoms with Crippen LogP contribution in [0.15, 0.2) is 22.4 Å². The van der Waals surface area contributed by atoms with E-state index in [-0.39, 0.29) is 0 Å². The molecule has 0 aliphatic carbocycles. The topological polar surface area (TPSA) is 47.6 Å². The van der Waals surface area contributed by atoms with Crippen LogP contribution in [0.1, 0.15) is 11.1 Å². The zero-order valence-corrected chi connectivity index (χ0v) is 8.69. The largest absolute Gasteiger partial charge is 0.192 e. The van der Waals surface area contributed by atoms with Gasteiger partial charge in [0.2, 0.25) is 0 Å². The van der Waals surface area contributed by atoms with E-state index in [1.54, 1.807) is 11.4 Å². The standard InChI is InChI=1S/C10H4N2S2/c11-3-6-1-8(13)2-9-7(4-12)5-14-10(6)9/h1-2,5,13H. The third kappa shape index (κ3) is 1.26. The van der Waals surface area contributed by atoms with Crippen LogP contribution in [0.4, 0.5) is 0 Å². The average molecular weight is 216 g/mol. The highest BCUT2D eigenvalue weighted by molar-refractivity contribution is 7.80. The Labute approximate surface area is 90.4 Å². The molecule has 66 valence electrons. The number of fused-ring (bicyclic) bond motifs is 1. The number of benzene rings is 1. The predicted molar refractivity (Wildman–Crippen MR) is 58.5 cm³/mol. The van der Waals surface area contributed by atoms with Crippen molar-refractivity contribution in [3.05, 3.63) is 28.6 Å². The molecule has 0 aliphatic rings. The molecule has 0 radical (unpaired) electrons. The number of hydrogen-bond acceptors (Lipinski definition) is 4. The molecule has 0 unspecified atom stereocenters. The van der Waals surface area contributed by atoms with Crippen molar-refractivity contribution in [1.82, 2.24) is 0 Å². The van der Waals surface area contributed by atoms with E-state index in [1.807, 2.05) is 6.07 Å². The summed E-state index contributed by atoms with van der Waals surface area (Å²) in [5, 5.41) is 20.3. The van der Waals surface area contributed by atoms with Crippen molar-refractivity contribution in [3.8, 4) is 12.1 Å². The third-order valence-corrected chi connectivity index (χ3v) is 3.19. The zero-order chi connectivity index (χ0) is 10.1. The average Bonchev–Trinajstić information content (AvgIpc) is 2.59. The summed E-state index contributed by atoms with van der Waals surface area (Å²) in [5.74, 6) is 0. The highest BCUT2D eigenvalue weighted by Gasteiger charge is 2.08. The Kier molecular flexibility index (Phi) is 2.17. The van der Waals surface area contributed by atoms with Gasteiger partial charge in [-0.1, -0.05) is 0 Å². The summed E-state index contributed by atoms with van der Waals surface area (Å²) in [6, 6.07) is 7.72. The monoisotopic (exact) mass is 216 g/mol. The van der Waals surface area contributed by atoms with E-state index >= 15 is 0 Å². The summed E-state index contributed by atoms with van der Waals surface area (Å²) in [6.45, 7) is 0. The second-order valence-corrected chi connectivity index (χ2v) is 4.14. The number of rotatable bonds is 0. The molecular weight excluding hydrogens is 212 g/mol. The lowest BCUT2D eigenvalue weighted by Crippen LogP contribution is -1.77. The first-order chi connectivity index (χ1) is 6.76. The van der Waals surface area contributed by atoms with Crippen LogP contribution in [0.25, 0.3) is 10.1 Å². The van der Waals surface area contributed by atoms with Gasteiger partial charge < -0.3 is 0 Å². The Morgan fingerprint density at radius 3 is 2.50 bits per heavy atom. The molecule has 2 rings (SSSR count). The highest BCUT2D eigenvalue weighted by Crippen LogP contribution is 2.30. The van der Waals surface area contributed by atoms with Crippen LogP contribution in [0.5, 0.6) is 0 Å². The van der Waals surface area contributed by atoms with Crippen molar-refractivity contribution in [2.45, 2.75) is 4.90 Å². The molecule has 0 saturated heterocycles. The molecule has 14 heavy (non-hydrogen) atoms. The lowest BCUT2D eigenvalue weighted by molar-refractivity contribution is 1.45. The van der Waals surface area contributed by atoms with Gasteiger partial charge in [-0.25, -0.2) is 0 Å². The fraction of sp³-hybridized carbons (Fsp3) is 0. The van der Waals surface area contributed by atoms with Crippen molar-refractivity contribution < 1.29 is 0 Å². The minimum absolute atomic E-state index is 0.582. The summed E-state index contributed by atoms with van der Waals surface area (Å²) >= 11 is 5.61. The van der Waals surface area contributed by atoms with Crippen LogP contribution in [-0.4, -0.2) is 0 Å². The maximum Gasteiger partial charge on any atom is 0.101 e. The second-order valence-electron chi connectivity index (χ2n) is 2.74. The third-order valence-electron chi connectivity index (χ3n) is 1.90. The predicted octanol–water partition coefficient (Wildman–Crippen LogP) is 2.93. The van der Waals surface area contributed by atoms with Gasteiger partial charge in [0.1, 0.15) is 12.1 Å².